The highest BCUT2D eigenvalue weighted by Crippen LogP contribution is 1.90. The molecule has 0 saturated carbocycles. The maximum absolute atomic E-state index is 11.6. The van der Waals surface area contributed by atoms with Gasteiger partial charge in [0.25, 0.3) is 0 Å². The molecule has 0 spiro atoms. The van der Waals surface area contributed by atoms with Crippen molar-refractivity contribution in [2.45, 2.75) is 52.6 Å². The van der Waals surface area contributed by atoms with Crippen molar-refractivity contribution >= 4 is 17.8 Å². The summed E-state index contributed by atoms with van der Waals surface area (Å²) in [4.78, 5) is 34.3. The van der Waals surface area contributed by atoms with Crippen LogP contribution in [0.4, 0.5) is 4.79 Å². The summed E-state index contributed by atoms with van der Waals surface area (Å²) in [5, 5.41) is 10.4. The molecule has 0 saturated heterocycles. The van der Waals surface area contributed by atoms with Crippen LogP contribution < -0.4 is 21.3 Å². The van der Waals surface area contributed by atoms with Gasteiger partial charge in [0.15, 0.2) is 0 Å². The highest BCUT2D eigenvalue weighted by molar-refractivity contribution is 5.96. The Balaban J connectivity index is 3.87. The fraction of sp³-hybridized carbons (Fsp3) is 0.769. The molecule has 0 aromatic heterocycles. The van der Waals surface area contributed by atoms with E-state index in [4.69, 9.17) is 0 Å². The van der Waals surface area contributed by atoms with Crippen molar-refractivity contribution in [3.63, 3.8) is 0 Å². The van der Waals surface area contributed by atoms with Gasteiger partial charge in [0, 0.05) is 25.6 Å². The molecular weight excluding hydrogens is 260 g/mol. The summed E-state index contributed by atoms with van der Waals surface area (Å²) in [6.07, 6.45) is 1.17. The van der Waals surface area contributed by atoms with Crippen LogP contribution in [0.2, 0.25) is 0 Å². The lowest BCUT2D eigenvalue weighted by Crippen LogP contribution is -2.48. The van der Waals surface area contributed by atoms with Crippen LogP contribution in [-0.4, -0.2) is 43.0 Å². The van der Waals surface area contributed by atoms with Crippen molar-refractivity contribution in [1.82, 2.24) is 21.3 Å². The Morgan fingerprint density at radius 3 is 2.30 bits per heavy atom. The minimum absolute atomic E-state index is 0.0526. The van der Waals surface area contributed by atoms with Crippen LogP contribution in [0.25, 0.3) is 0 Å². The lowest BCUT2D eigenvalue weighted by molar-refractivity contribution is -0.123. The van der Waals surface area contributed by atoms with Crippen LogP contribution in [-0.2, 0) is 9.59 Å². The van der Waals surface area contributed by atoms with Gasteiger partial charge in [-0.1, -0.05) is 6.92 Å². The average molecular weight is 286 g/mol. The summed E-state index contributed by atoms with van der Waals surface area (Å²) < 4.78 is 0. The number of carbonyl (C=O) groups is 3. The predicted molar refractivity (Wildman–Crippen MR) is 77.2 cm³/mol. The Bertz CT molecular complexity index is 334. The smallest absolute Gasteiger partial charge is 0.321 e. The van der Waals surface area contributed by atoms with E-state index in [1.54, 1.807) is 13.8 Å². The van der Waals surface area contributed by atoms with E-state index >= 15 is 0 Å². The molecule has 0 heterocycles. The summed E-state index contributed by atoms with van der Waals surface area (Å²) in [5.41, 5.74) is 0. The van der Waals surface area contributed by atoms with Gasteiger partial charge in [0.2, 0.25) is 11.8 Å². The molecule has 4 N–H and O–H groups in total. The fourth-order valence-electron chi connectivity index (χ4n) is 1.37. The van der Waals surface area contributed by atoms with E-state index in [2.05, 4.69) is 21.3 Å². The lowest BCUT2D eigenvalue weighted by Gasteiger charge is -2.14. The number of hydrogen-bond donors (Lipinski definition) is 4. The average Bonchev–Trinajstić information content (AvgIpc) is 2.38. The zero-order valence-corrected chi connectivity index (χ0v) is 12.7. The Labute approximate surface area is 120 Å². The SMILES string of the molecule is CCNC(=O)NC(=O)C(C)NCCC(=O)NC(C)CC. The highest BCUT2D eigenvalue weighted by Gasteiger charge is 2.15. The third kappa shape index (κ3) is 8.47. The summed E-state index contributed by atoms with van der Waals surface area (Å²) in [6.45, 7) is 8.18. The van der Waals surface area contributed by atoms with Crippen molar-refractivity contribution in [2.75, 3.05) is 13.1 Å². The van der Waals surface area contributed by atoms with E-state index in [-0.39, 0.29) is 11.9 Å². The maximum Gasteiger partial charge on any atom is 0.321 e. The molecule has 0 rings (SSSR count). The summed E-state index contributed by atoms with van der Waals surface area (Å²) in [7, 11) is 0. The first-order valence-electron chi connectivity index (χ1n) is 7.02. The molecule has 0 aliphatic carbocycles. The molecular formula is C13H26N4O3. The Morgan fingerprint density at radius 2 is 1.75 bits per heavy atom. The number of imide groups is 1. The topological polar surface area (TPSA) is 99.3 Å². The minimum Gasteiger partial charge on any atom is -0.354 e. The number of urea groups is 1. The van der Waals surface area contributed by atoms with Crippen LogP contribution in [0.3, 0.4) is 0 Å². The molecule has 0 radical (unpaired) electrons. The molecule has 0 aromatic carbocycles. The van der Waals surface area contributed by atoms with Gasteiger partial charge in [0.1, 0.15) is 0 Å². The molecule has 0 fully saturated rings. The predicted octanol–water partition coefficient (Wildman–Crippen LogP) is 0.115. The number of rotatable bonds is 8. The van der Waals surface area contributed by atoms with Crippen LogP contribution in [0, 0.1) is 0 Å². The van der Waals surface area contributed by atoms with Crippen molar-refractivity contribution in [1.29, 1.82) is 0 Å². The van der Waals surface area contributed by atoms with Crippen LogP contribution in [0.1, 0.15) is 40.5 Å². The Kier molecular flexibility index (Phi) is 9.36. The number of carbonyl (C=O) groups excluding carboxylic acids is 3. The molecule has 116 valence electrons. The molecule has 0 bridgehead atoms. The second-order valence-corrected chi connectivity index (χ2v) is 4.65. The summed E-state index contributed by atoms with van der Waals surface area (Å²) >= 11 is 0. The van der Waals surface area contributed by atoms with Gasteiger partial charge in [-0.3, -0.25) is 14.9 Å². The molecule has 2 unspecified atom stereocenters. The highest BCUT2D eigenvalue weighted by atomic mass is 16.2. The van der Waals surface area contributed by atoms with Gasteiger partial charge < -0.3 is 16.0 Å². The van der Waals surface area contributed by atoms with E-state index in [1.807, 2.05) is 13.8 Å². The van der Waals surface area contributed by atoms with Crippen molar-refractivity contribution in [2.24, 2.45) is 0 Å². The molecule has 0 aliphatic rings. The zero-order chi connectivity index (χ0) is 15.5. The fourth-order valence-corrected chi connectivity index (χ4v) is 1.37. The van der Waals surface area contributed by atoms with Crippen molar-refractivity contribution < 1.29 is 14.4 Å². The van der Waals surface area contributed by atoms with Gasteiger partial charge >= 0.3 is 6.03 Å². The molecule has 4 amide bonds. The molecule has 2 atom stereocenters. The summed E-state index contributed by atoms with van der Waals surface area (Å²) in [5.74, 6) is -0.471. The molecule has 7 nitrogen and oxygen atoms in total. The first-order chi connectivity index (χ1) is 9.40. The lowest BCUT2D eigenvalue weighted by atomic mass is 10.2. The van der Waals surface area contributed by atoms with Gasteiger partial charge in [-0.15, -0.1) is 0 Å². The number of amides is 4. The molecule has 0 aromatic rings. The van der Waals surface area contributed by atoms with Crippen molar-refractivity contribution in [3.05, 3.63) is 0 Å². The van der Waals surface area contributed by atoms with E-state index < -0.39 is 18.0 Å². The minimum atomic E-state index is -0.533. The molecule has 0 aliphatic heterocycles. The Hall–Kier alpha value is -1.63. The molecule has 7 heteroatoms. The van der Waals surface area contributed by atoms with Crippen molar-refractivity contribution in [3.8, 4) is 0 Å². The van der Waals surface area contributed by atoms with E-state index in [0.29, 0.717) is 19.5 Å². The maximum atomic E-state index is 11.6. The molecule has 20 heavy (non-hydrogen) atoms. The van der Waals surface area contributed by atoms with Gasteiger partial charge in [0.05, 0.1) is 6.04 Å². The van der Waals surface area contributed by atoms with E-state index in [0.717, 1.165) is 6.42 Å². The summed E-state index contributed by atoms with van der Waals surface area (Å²) in [6, 6.07) is -0.893. The van der Waals surface area contributed by atoms with Gasteiger partial charge in [-0.2, -0.15) is 0 Å². The van der Waals surface area contributed by atoms with E-state index in [9.17, 15) is 14.4 Å². The third-order valence-corrected chi connectivity index (χ3v) is 2.79. The van der Waals surface area contributed by atoms with Crippen LogP contribution in [0.5, 0.6) is 0 Å². The van der Waals surface area contributed by atoms with Gasteiger partial charge in [-0.25, -0.2) is 4.79 Å². The second-order valence-electron chi connectivity index (χ2n) is 4.65. The first-order valence-corrected chi connectivity index (χ1v) is 7.02. The monoisotopic (exact) mass is 286 g/mol. The van der Waals surface area contributed by atoms with Crippen LogP contribution in [0.15, 0.2) is 0 Å². The second kappa shape index (κ2) is 10.2. The largest absolute Gasteiger partial charge is 0.354 e. The standard InChI is InChI=1S/C13H26N4O3/c1-5-9(3)16-11(18)7-8-15-10(4)12(19)17-13(20)14-6-2/h9-10,15H,5-8H2,1-4H3,(H,16,18)(H2,14,17,19,20). The van der Waals surface area contributed by atoms with Gasteiger partial charge in [-0.05, 0) is 27.2 Å². The first kappa shape index (κ1) is 18.4. The number of nitrogens with one attached hydrogen (secondary N) is 4. The van der Waals surface area contributed by atoms with Crippen LogP contribution >= 0.6 is 0 Å². The number of hydrogen-bond acceptors (Lipinski definition) is 4. The quantitative estimate of drug-likeness (QED) is 0.509. The third-order valence-electron chi connectivity index (χ3n) is 2.79. The van der Waals surface area contributed by atoms with E-state index in [1.165, 1.54) is 0 Å². The zero-order valence-electron chi connectivity index (χ0n) is 12.7. The normalized spacial score (nSPS) is 13.2. The Morgan fingerprint density at radius 1 is 1.10 bits per heavy atom.